The Morgan fingerprint density at radius 1 is 1.14 bits per heavy atom. The number of amides is 1. The average Bonchev–Trinajstić information content (AvgIpc) is 2.97. The van der Waals surface area contributed by atoms with Gasteiger partial charge in [-0.1, -0.05) is 43.0 Å². The van der Waals surface area contributed by atoms with Crippen LogP contribution in [0.3, 0.4) is 0 Å². The van der Waals surface area contributed by atoms with Crippen LogP contribution in [0, 0.1) is 0 Å². The number of fused-ring (bicyclic) bond motifs is 1. The number of imidazole rings is 1. The van der Waals surface area contributed by atoms with Gasteiger partial charge in [-0.2, -0.15) is 0 Å². The van der Waals surface area contributed by atoms with Gasteiger partial charge in [0, 0.05) is 13.1 Å². The van der Waals surface area contributed by atoms with Crippen molar-refractivity contribution in [2.45, 2.75) is 13.1 Å². The average molecular weight is 291 g/mol. The first-order valence-electron chi connectivity index (χ1n) is 7.14. The van der Waals surface area contributed by atoms with Crippen molar-refractivity contribution in [3.8, 4) is 0 Å². The standard InChI is InChI=1S/C18H17N3O/c1-2-18(22)19-11-14-7-9-15(10-8-14)12-21-13-20-16-5-3-4-6-17(16)21/h2-10,13H,1,11-12H2,(H,19,22). The number of nitrogens with zero attached hydrogens (tertiary/aromatic N) is 2. The summed E-state index contributed by atoms with van der Waals surface area (Å²) in [5.41, 5.74) is 4.40. The molecule has 0 saturated heterocycles. The number of carbonyl (C=O) groups is 1. The molecule has 22 heavy (non-hydrogen) atoms. The van der Waals surface area contributed by atoms with Gasteiger partial charge in [-0.25, -0.2) is 4.98 Å². The molecule has 1 heterocycles. The maximum absolute atomic E-state index is 11.1. The van der Waals surface area contributed by atoms with Crippen LogP contribution >= 0.6 is 0 Å². The molecule has 3 aromatic rings. The van der Waals surface area contributed by atoms with E-state index in [0.717, 1.165) is 23.1 Å². The predicted octanol–water partition coefficient (Wildman–Crippen LogP) is 2.89. The highest BCUT2D eigenvalue weighted by molar-refractivity contribution is 5.86. The van der Waals surface area contributed by atoms with Gasteiger partial charge in [0.05, 0.1) is 17.4 Å². The van der Waals surface area contributed by atoms with Crippen LogP contribution in [0.5, 0.6) is 0 Å². The van der Waals surface area contributed by atoms with Crippen LogP contribution in [0.15, 0.2) is 67.5 Å². The molecule has 110 valence electrons. The number of hydrogen-bond donors (Lipinski definition) is 1. The van der Waals surface area contributed by atoms with Gasteiger partial charge in [0.25, 0.3) is 0 Å². The van der Waals surface area contributed by atoms with Gasteiger partial charge in [-0.05, 0) is 29.3 Å². The normalized spacial score (nSPS) is 10.5. The van der Waals surface area contributed by atoms with Crippen LogP contribution < -0.4 is 5.32 Å². The van der Waals surface area contributed by atoms with Crippen molar-refractivity contribution in [3.63, 3.8) is 0 Å². The number of para-hydroxylation sites is 2. The number of aromatic nitrogens is 2. The highest BCUT2D eigenvalue weighted by atomic mass is 16.1. The number of benzene rings is 2. The topological polar surface area (TPSA) is 46.9 Å². The summed E-state index contributed by atoms with van der Waals surface area (Å²) in [6, 6.07) is 16.3. The molecule has 0 unspecified atom stereocenters. The summed E-state index contributed by atoms with van der Waals surface area (Å²) in [4.78, 5) is 15.5. The molecule has 0 aliphatic carbocycles. The second kappa shape index (κ2) is 6.26. The lowest BCUT2D eigenvalue weighted by Gasteiger charge is -2.07. The lowest BCUT2D eigenvalue weighted by Crippen LogP contribution is -2.19. The minimum absolute atomic E-state index is 0.158. The van der Waals surface area contributed by atoms with E-state index < -0.39 is 0 Å². The first-order valence-corrected chi connectivity index (χ1v) is 7.14. The van der Waals surface area contributed by atoms with E-state index in [9.17, 15) is 4.79 Å². The fraction of sp³-hybridized carbons (Fsp3) is 0.111. The van der Waals surface area contributed by atoms with E-state index in [4.69, 9.17) is 0 Å². The summed E-state index contributed by atoms with van der Waals surface area (Å²) in [7, 11) is 0. The van der Waals surface area contributed by atoms with Crippen LogP contribution in [0.2, 0.25) is 0 Å². The molecular weight excluding hydrogens is 274 g/mol. The fourth-order valence-corrected chi connectivity index (χ4v) is 2.36. The lowest BCUT2D eigenvalue weighted by atomic mass is 10.1. The molecule has 3 rings (SSSR count). The number of carbonyl (C=O) groups excluding carboxylic acids is 1. The Balaban J connectivity index is 1.71. The Morgan fingerprint density at radius 3 is 2.64 bits per heavy atom. The van der Waals surface area contributed by atoms with Crippen molar-refractivity contribution < 1.29 is 4.79 Å². The van der Waals surface area contributed by atoms with Crippen LogP contribution in [0.1, 0.15) is 11.1 Å². The summed E-state index contributed by atoms with van der Waals surface area (Å²) < 4.78 is 2.13. The van der Waals surface area contributed by atoms with Gasteiger partial charge in [0.2, 0.25) is 5.91 Å². The lowest BCUT2D eigenvalue weighted by molar-refractivity contribution is -0.116. The Hall–Kier alpha value is -2.88. The molecule has 0 radical (unpaired) electrons. The van der Waals surface area contributed by atoms with Crippen LogP contribution in [0.25, 0.3) is 11.0 Å². The first kappa shape index (κ1) is 14.1. The second-order valence-corrected chi connectivity index (χ2v) is 5.10. The smallest absolute Gasteiger partial charge is 0.243 e. The zero-order valence-corrected chi connectivity index (χ0v) is 12.2. The number of rotatable bonds is 5. The molecule has 2 aromatic carbocycles. The summed E-state index contributed by atoms with van der Waals surface area (Å²) in [6.07, 6.45) is 3.14. The summed E-state index contributed by atoms with van der Waals surface area (Å²) in [5, 5.41) is 2.77. The monoisotopic (exact) mass is 291 g/mol. The van der Waals surface area contributed by atoms with Gasteiger partial charge in [0.1, 0.15) is 0 Å². The van der Waals surface area contributed by atoms with E-state index in [-0.39, 0.29) is 5.91 Å². The molecule has 0 fully saturated rings. The molecule has 0 saturated carbocycles. The molecular formula is C18H17N3O. The molecule has 4 heteroatoms. The molecule has 1 aromatic heterocycles. The van der Waals surface area contributed by atoms with Crippen LogP contribution in [-0.4, -0.2) is 15.5 Å². The predicted molar refractivity (Wildman–Crippen MR) is 87.3 cm³/mol. The summed E-state index contributed by atoms with van der Waals surface area (Å²) in [6.45, 7) is 4.72. The van der Waals surface area contributed by atoms with Gasteiger partial charge in [0.15, 0.2) is 0 Å². The quantitative estimate of drug-likeness (QED) is 0.735. The van der Waals surface area contributed by atoms with E-state index in [1.165, 1.54) is 11.6 Å². The third kappa shape index (κ3) is 3.06. The zero-order chi connectivity index (χ0) is 15.4. The van der Waals surface area contributed by atoms with E-state index in [1.807, 2.05) is 36.7 Å². The van der Waals surface area contributed by atoms with E-state index in [1.54, 1.807) is 0 Å². The Labute approximate surface area is 129 Å². The summed E-state index contributed by atoms with van der Waals surface area (Å²) >= 11 is 0. The van der Waals surface area contributed by atoms with Crippen molar-refractivity contribution in [1.29, 1.82) is 0 Å². The summed E-state index contributed by atoms with van der Waals surface area (Å²) in [5.74, 6) is -0.158. The second-order valence-electron chi connectivity index (χ2n) is 5.10. The van der Waals surface area contributed by atoms with Crippen molar-refractivity contribution in [1.82, 2.24) is 14.9 Å². The highest BCUT2D eigenvalue weighted by Crippen LogP contribution is 2.14. The minimum Gasteiger partial charge on any atom is -0.348 e. The molecule has 4 nitrogen and oxygen atoms in total. The van der Waals surface area contributed by atoms with Crippen molar-refractivity contribution >= 4 is 16.9 Å². The third-order valence-corrected chi connectivity index (χ3v) is 3.56. The molecule has 1 N–H and O–H groups in total. The van der Waals surface area contributed by atoms with Crippen molar-refractivity contribution in [3.05, 3.63) is 78.6 Å². The van der Waals surface area contributed by atoms with E-state index in [0.29, 0.717) is 6.54 Å². The SMILES string of the molecule is C=CC(=O)NCc1ccc(Cn2cnc3ccccc32)cc1. The third-order valence-electron chi connectivity index (χ3n) is 3.56. The molecule has 0 aliphatic rings. The van der Waals surface area contributed by atoms with Crippen LogP contribution in [-0.2, 0) is 17.9 Å². The first-order chi connectivity index (χ1) is 10.8. The highest BCUT2D eigenvalue weighted by Gasteiger charge is 2.03. The molecule has 0 atom stereocenters. The Bertz CT molecular complexity index is 803. The van der Waals surface area contributed by atoms with Crippen molar-refractivity contribution in [2.24, 2.45) is 0 Å². The molecule has 0 spiro atoms. The number of nitrogens with one attached hydrogen (secondary N) is 1. The minimum atomic E-state index is -0.158. The van der Waals surface area contributed by atoms with E-state index in [2.05, 4.69) is 39.6 Å². The Kier molecular flexibility index (Phi) is 4.01. The number of hydrogen-bond acceptors (Lipinski definition) is 2. The van der Waals surface area contributed by atoms with Gasteiger partial charge in [-0.15, -0.1) is 0 Å². The van der Waals surface area contributed by atoms with Crippen molar-refractivity contribution in [2.75, 3.05) is 0 Å². The fourth-order valence-electron chi connectivity index (χ4n) is 2.36. The molecule has 1 amide bonds. The maximum Gasteiger partial charge on any atom is 0.243 e. The maximum atomic E-state index is 11.1. The van der Waals surface area contributed by atoms with Crippen LogP contribution in [0.4, 0.5) is 0 Å². The molecule has 0 bridgehead atoms. The van der Waals surface area contributed by atoms with Gasteiger partial charge < -0.3 is 9.88 Å². The van der Waals surface area contributed by atoms with Gasteiger partial charge >= 0.3 is 0 Å². The molecule has 0 aliphatic heterocycles. The Morgan fingerprint density at radius 2 is 1.86 bits per heavy atom. The largest absolute Gasteiger partial charge is 0.348 e. The van der Waals surface area contributed by atoms with Gasteiger partial charge in [-0.3, -0.25) is 4.79 Å². The van der Waals surface area contributed by atoms with E-state index >= 15 is 0 Å². The zero-order valence-electron chi connectivity index (χ0n) is 12.2.